The molecule has 0 aliphatic heterocycles. The molecule has 0 saturated carbocycles. The number of nitrogen functional groups attached to an aromatic ring is 1. The molecule has 0 aliphatic carbocycles. The standard InChI is InChI=1S/C16H21N3O/c1-5-14-11(4)18-16(19-15(14)17)12-6-8-13(9-7-12)20-10(2)3/h6-10H,5H2,1-4H3,(H2,17,18,19). The van der Waals surface area contributed by atoms with E-state index in [9.17, 15) is 0 Å². The molecule has 0 unspecified atom stereocenters. The van der Waals surface area contributed by atoms with Crippen LogP contribution in [0.2, 0.25) is 0 Å². The number of benzene rings is 1. The molecule has 0 spiro atoms. The molecule has 1 heterocycles. The van der Waals surface area contributed by atoms with Gasteiger partial charge in [0.25, 0.3) is 0 Å². The fourth-order valence-electron chi connectivity index (χ4n) is 2.14. The Bertz CT molecular complexity index is 568. The minimum atomic E-state index is 0.166. The first-order valence-electron chi connectivity index (χ1n) is 6.91. The maximum atomic E-state index is 5.99. The van der Waals surface area contributed by atoms with Gasteiger partial charge in [-0.2, -0.15) is 0 Å². The summed E-state index contributed by atoms with van der Waals surface area (Å²) in [5.41, 5.74) is 8.90. The molecule has 0 atom stereocenters. The Balaban J connectivity index is 2.32. The van der Waals surface area contributed by atoms with Crippen molar-refractivity contribution in [3.63, 3.8) is 0 Å². The molecular formula is C16H21N3O. The lowest BCUT2D eigenvalue weighted by molar-refractivity contribution is 0.242. The van der Waals surface area contributed by atoms with Gasteiger partial charge in [0, 0.05) is 16.8 Å². The third-order valence-electron chi connectivity index (χ3n) is 3.08. The molecule has 4 heteroatoms. The number of nitrogens with zero attached hydrogens (tertiary/aromatic N) is 2. The highest BCUT2D eigenvalue weighted by Gasteiger charge is 2.09. The van der Waals surface area contributed by atoms with Crippen LogP contribution in [0.3, 0.4) is 0 Å². The van der Waals surface area contributed by atoms with Gasteiger partial charge in [0.1, 0.15) is 11.6 Å². The maximum absolute atomic E-state index is 5.99. The van der Waals surface area contributed by atoms with Crippen molar-refractivity contribution in [3.05, 3.63) is 35.5 Å². The van der Waals surface area contributed by atoms with Crippen LogP contribution in [0.1, 0.15) is 32.0 Å². The zero-order chi connectivity index (χ0) is 14.7. The van der Waals surface area contributed by atoms with Gasteiger partial charge in [-0.15, -0.1) is 0 Å². The molecule has 0 amide bonds. The second-order valence-corrected chi connectivity index (χ2v) is 5.04. The SMILES string of the molecule is CCc1c(C)nc(-c2ccc(OC(C)C)cc2)nc1N. The number of aromatic nitrogens is 2. The average Bonchev–Trinajstić information content (AvgIpc) is 2.38. The zero-order valence-corrected chi connectivity index (χ0v) is 12.5. The molecule has 1 aromatic carbocycles. The molecule has 0 aliphatic rings. The Hall–Kier alpha value is -2.10. The van der Waals surface area contributed by atoms with Crippen LogP contribution in [0.5, 0.6) is 5.75 Å². The summed E-state index contributed by atoms with van der Waals surface area (Å²) in [5.74, 6) is 2.07. The van der Waals surface area contributed by atoms with Crippen molar-refractivity contribution in [2.75, 3.05) is 5.73 Å². The number of nitrogens with two attached hydrogens (primary N) is 1. The summed E-state index contributed by atoms with van der Waals surface area (Å²) in [6.45, 7) is 8.03. The summed E-state index contributed by atoms with van der Waals surface area (Å²) < 4.78 is 5.62. The van der Waals surface area contributed by atoms with E-state index in [1.54, 1.807) is 0 Å². The van der Waals surface area contributed by atoms with Crippen LogP contribution in [-0.2, 0) is 6.42 Å². The Labute approximate surface area is 120 Å². The van der Waals surface area contributed by atoms with Crippen molar-refractivity contribution >= 4 is 5.82 Å². The zero-order valence-electron chi connectivity index (χ0n) is 12.5. The van der Waals surface area contributed by atoms with E-state index >= 15 is 0 Å². The van der Waals surface area contributed by atoms with E-state index in [0.29, 0.717) is 11.6 Å². The first kappa shape index (κ1) is 14.3. The number of ether oxygens (including phenoxy) is 1. The third kappa shape index (κ3) is 3.07. The molecule has 4 nitrogen and oxygen atoms in total. The number of hydrogen-bond donors (Lipinski definition) is 1. The molecule has 20 heavy (non-hydrogen) atoms. The summed E-state index contributed by atoms with van der Waals surface area (Å²) in [7, 11) is 0. The Kier molecular flexibility index (Phi) is 4.23. The largest absolute Gasteiger partial charge is 0.491 e. The van der Waals surface area contributed by atoms with Gasteiger partial charge < -0.3 is 10.5 Å². The maximum Gasteiger partial charge on any atom is 0.161 e. The van der Waals surface area contributed by atoms with Crippen LogP contribution in [0, 0.1) is 6.92 Å². The molecule has 2 rings (SSSR count). The highest BCUT2D eigenvalue weighted by atomic mass is 16.5. The first-order valence-corrected chi connectivity index (χ1v) is 6.91. The number of rotatable bonds is 4. The van der Waals surface area contributed by atoms with Crippen molar-refractivity contribution in [1.29, 1.82) is 0 Å². The van der Waals surface area contributed by atoms with Gasteiger partial charge >= 0.3 is 0 Å². The summed E-state index contributed by atoms with van der Waals surface area (Å²) in [4.78, 5) is 8.93. The molecule has 1 aromatic heterocycles. The molecule has 106 valence electrons. The van der Waals surface area contributed by atoms with Crippen LogP contribution in [0.15, 0.2) is 24.3 Å². The fourth-order valence-corrected chi connectivity index (χ4v) is 2.14. The second-order valence-electron chi connectivity index (χ2n) is 5.04. The van der Waals surface area contributed by atoms with Gasteiger partial charge in [0.05, 0.1) is 6.10 Å². The van der Waals surface area contributed by atoms with E-state index in [1.807, 2.05) is 45.0 Å². The van der Waals surface area contributed by atoms with E-state index in [-0.39, 0.29) is 6.10 Å². The van der Waals surface area contributed by atoms with Gasteiger partial charge in [-0.25, -0.2) is 9.97 Å². The van der Waals surface area contributed by atoms with Crippen LogP contribution < -0.4 is 10.5 Å². The van der Waals surface area contributed by atoms with Crippen LogP contribution >= 0.6 is 0 Å². The van der Waals surface area contributed by atoms with Crippen LogP contribution in [0.4, 0.5) is 5.82 Å². The minimum Gasteiger partial charge on any atom is -0.491 e. The van der Waals surface area contributed by atoms with Gasteiger partial charge in [0.2, 0.25) is 0 Å². The summed E-state index contributed by atoms with van der Waals surface area (Å²) in [6.07, 6.45) is 1.01. The molecule has 0 radical (unpaired) electrons. The number of aryl methyl sites for hydroxylation is 1. The van der Waals surface area contributed by atoms with Crippen molar-refractivity contribution in [3.8, 4) is 17.1 Å². The van der Waals surface area contributed by atoms with Crippen molar-refractivity contribution in [2.24, 2.45) is 0 Å². The Morgan fingerprint density at radius 3 is 2.30 bits per heavy atom. The monoisotopic (exact) mass is 271 g/mol. The molecule has 0 saturated heterocycles. The minimum absolute atomic E-state index is 0.166. The predicted octanol–water partition coefficient (Wildman–Crippen LogP) is 3.38. The molecule has 2 aromatic rings. The Morgan fingerprint density at radius 2 is 1.80 bits per heavy atom. The normalized spacial score (nSPS) is 10.8. The van der Waals surface area contributed by atoms with E-state index < -0.39 is 0 Å². The number of anilines is 1. The number of hydrogen-bond acceptors (Lipinski definition) is 4. The van der Waals surface area contributed by atoms with Crippen molar-refractivity contribution < 1.29 is 4.74 Å². The van der Waals surface area contributed by atoms with Crippen LogP contribution in [-0.4, -0.2) is 16.1 Å². The van der Waals surface area contributed by atoms with Gasteiger partial charge in [0.15, 0.2) is 5.82 Å². The van der Waals surface area contributed by atoms with Gasteiger partial charge in [-0.05, 0) is 51.5 Å². The summed E-state index contributed by atoms with van der Waals surface area (Å²) in [5, 5.41) is 0. The van der Waals surface area contributed by atoms with Crippen molar-refractivity contribution in [2.45, 2.75) is 40.2 Å². The molecule has 0 bridgehead atoms. The molecule has 2 N–H and O–H groups in total. The topological polar surface area (TPSA) is 61.0 Å². The molecule has 0 fully saturated rings. The fraction of sp³-hybridized carbons (Fsp3) is 0.375. The lowest BCUT2D eigenvalue weighted by Gasteiger charge is -2.11. The third-order valence-corrected chi connectivity index (χ3v) is 3.08. The summed E-state index contributed by atoms with van der Waals surface area (Å²) in [6, 6.07) is 7.77. The van der Waals surface area contributed by atoms with Gasteiger partial charge in [-0.1, -0.05) is 6.92 Å². The predicted molar refractivity (Wildman–Crippen MR) is 81.8 cm³/mol. The van der Waals surface area contributed by atoms with E-state index in [0.717, 1.165) is 29.0 Å². The van der Waals surface area contributed by atoms with E-state index in [1.165, 1.54) is 0 Å². The molecular weight excluding hydrogens is 250 g/mol. The lowest BCUT2D eigenvalue weighted by atomic mass is 10.1. The first-order chi connectivity index (χ1) is 9.51. The Morgan fingerprint density at radius 1 is 1.15 bits per heavy atom. The quantitative estimate of drug-likeness (QED) is 0.926. The summed E-state index contributed by atoms with van der Waals surface area (Å²) >= 11 is 0. The highest BCUT2D eigenvalue weighted by molar-refractivity contribution is 5.59. The average molecular weight is 271 g/mol. The van der Waals surface area contributed by atoms with Gasteiger partial charge in [-0.3, -0.25) is 0 Å². The van der Waals surface area contributed by atoms with E-state index in [2.05, 4.69) is 16.9 Å². The van der Waals surface area contributed by atoms with Crippen molar-refractivity contribution in [1.82, 2.24) is 9.97 Å². The van der Waals surface area contributed by atoms with Crippen LogP contribution in [0.25, 0.3) is 11.4 Å². The smallest absolute Gasteiger partial charge is 0.161 e. The second kappa shape index (κ2) is 5.90. The van der Waals surface area contributed by atoms with E-state index in [4.69, 9.17) is 10.5 Å². The lowest BCUT2D eigenvalue weighted by Crippen LogP contribution is -2.06. The highest BCUT2D eigenvalue weighted by Crippen LogP contribution is 2.23.